The van der Waals surface area contributed by atoms with Crippen LogP contribution in [0, 0.1) is 5.92 Å². The number of nitrogens with one attached hydrogen (secondary N) is 2. The number of carbonyl (C=O) groups excluding carboxylic acids is 1. The lowest BCUT2D eigenvalue weighted by Crippen LogP contribution is -2.66. The molecule has 0 bridgehead atoms. The number of hydrazine groups is 1. The summed E-state index contributed by atoms with van der Waals surface area (Å²) in [7, 11) is 0. The van der Waals surface area contributed by atoms with Crippen LogP contribution in [-0.2, 0) is 19.1 Å². The van der Waals surface area contributed by atoms with Gasteiger partial charge in [0.1, 0.15) is 11.8 Å². The molecule has 0 spiro atoms. The van der Waals surface area contributed by atoms with Gasteiger partial charge in [0.2, 0.25) is 11.5 Å². The van der Waals surface area contributed by atoms with E-state index in [1.54, 1.807) is 23.5 Å². The number of morpholine rings is 1. The first-order valence-corrected chi connectivity index (χ1v) is 9.31. The summed E-state index contributed by atoms with van der Waals surface area (Å²) in [6.45, 7) is 3.21. The van der Waals surface area contributed by atoms with Crippen LogP contribution in [0.4, 0.5) is 0 Å². The standard InChI is InChI=1S/C19H22N4O6/c1-11(24)19(22-23-5-7-28-8-6-23)15(18(26)27)16(25)14(29-19)9-12-10-21-17-13(12)3-2-4-20-17/h2-4,9-11,15,22,24H,5-8H2,1H3,(H,20,21)(H,26,27)/b14-9-. The number of pyridine rings is 1. The smallest absolute Gasteiger partial charge is 0.320 e. The van der Waals surface area contributed by atoms with Gasteiger partial charge >= 0.3 is 5.97 Å². The molecule has 10 heteroatoms. The van der Waals surface area contributed by atoms with Crippen LogP contribution in [0.15, 0.2) is 30.3 Å². The third kappa shape index (κ3) is 3.40. The fourth-order valence-corrected chi connectivity index (χ4v) is 3.69. The van der Waals surface area contributed by atoms with Crippen LogP contribution < -0.4 is 5.43 Å². The monoisotopic (exact) mass is 402 g/mol. The number of ketones is 1. The number of ether oxygens (including phenoxy) is 2. The SMILES string of the molecule is CC(O)C1(NN2CCOCC2)O/C(=C\c2c[nH]c3ncccc23)C(=O)C1C(=O)O. The zero-order valence-electron chi connectivity index (χ0n) is 15.8. The maximum Gasteiger partial charge on any atom is 0.320 e. The molecule has 2 aliphatic heterocycles. The van der Waals surface area contributed by atoms with Gasteiger partial charge in [0, 0.05) is 36.4 Å². The van der Waals surface area contributed by atoms with Crippen molar-refractivity contribution in [3.05, 3.63) is 35.8 Å². The Morgan fingerprint density at radius 2 is 2.24 bits per heavy atom. The number of nitrogens with zero attached hydrogens (tertiary/aromatic N) is 2. The predicted molar refractivity (Wildman–Crippen MR) is 101 cm³/mol. The first kappa shape index (κ1) is 19.5. The van der Waals surface area contributed by atoms with E-state index < -0.39 is 29.5 Å². The molecule has 4 rings (SSSR count). The third-order valence-corrected chi connectivity index (χ3v) is 5.19. The molecule has 0 amide bonds. The number of aliphatic hydroxyl groups is 1. The summed E-state index contributed by atoms with van der Waals surface area (Å²) in [5.41, 5.74) is 2.40. The van der Waals surface area contributed by atoms with E-state index in [2.05, 4.69) is 15.4 Å². The molecule has 4 heterocycles. The maximum atomic E-state index is 13.0. The Labute approximate surface area is 166 Å². The Kier molecular flexibility index (Phi) is 5.09. The minimum Gasteiger partial charge on any atom is -0.481 e. The number of fused-ring (bicyclic) bond motifs is 1. The van der Waals surface area contributed by atoms with Crippen LogP contribution in [0.1, 0.15) is 12.5 Å². The van der Waals surface area contributed by atoms with E-state index in [-0.39, 0.29) is 5.76 Å². The van der Waals surface area contributed by atoms with Crippen LogP contribution in [0.5, 0.6) is 0 Å². The van der Waals surface area contributed by atoms with Gasteiger partial charge in [0.25, 0.3) is 0 Å². The number of aromatic nitrogens is 2. The number of allylic oxidation sites excluding steroid dienone is 1. The zero-order valence-corrected chi connectivity index (χ0v) is 15.8. The number of hydrogen-bond acceptors (Lipinski definition) is 8. The Bertz CT molecular complexity index is 965. The molecule has 2 saturated heterocycles. The molecular weight excluding hydrogens is 380 g/mol. The number of carboxylic acids is 1. The molecular formula is C19H22N4O6. The Morgan fingerprint density at radius 1 is 1.48 bits per heavy atom. The number of carboxylic acid groups (broad SMARTS) is 1. The van der Waals surface area contributed by atoms with E-state index in [1.165, 1.54) is 13.0 Å². The van der Waals surface area contributed by atoms with Crippen molar-refractivity contribution in [2.45, 2.75) is 18.8 Å². The van der Waals surface area contributed by atoms with Gasteiger partial charge < -0.3 is 24.7 Å². The molecule has 0 radical (unpaired) electrons. The zero-order chi connectivity index (χ0) is 20.6. The lowest BCUT2D eigenvalue weighted by Gasteiger charge is -2.40. The molecule has 4 N–H and O–H groups in total. The summed E-state index contributed by atoms with van der Waals surface area (Å²) >= 11 is 0. The molecule has 154 valence electrons. The third-order valence-electron chi connectivity index (χ3n) is 5.19. The van der Waals surface area contributed by atoms with Crippen LogP contribution in [-0.4, -0.2) is 75.1 Å². The number of carbonyl (C=O) groups is 2. The van der Waals surface area contributed by atoms with Gasteiger partial charge in [0.05, 0.1) is 13.2 Å². The normalized spacial score (nSPS) is 28.0. The van der Waals surface area contributed by atoms with E-state index in [9.17, 15) is 19.8 Å². The number of Topliss-reactive ketones (excluding diaryl/α,β-unsaturated/α-hetero) is 1. The van der Waals surface area contributed by atoms with Crippen molar-refractivity contribution < 1.29 is 29.3 Å². The highest BCUT2D eigenvalue weighted by molar-refractivity contribution is 6.12. The van der Waals surface area contributed by atoms with Gasteiger partial charge in [-0.2, -0.15) is 0 Å². The fraction of sp³-hybridized carbons (Fsp3) is 0.421. The number of hydrogen-bond donors (Lipinski definition) is 4. The molecule has 0 aromatic carbocycles. The number of rotatable bonds is 5. The van der Waals surface area contributed by atoms with Crippen LogP contribution in [0.2, 0.25) is 0 Å². The van der Waals surface area contributed by atoms with Crippen molar-refractivity contribution in [3.8, 4) is 0 Å². The first-order chi connectivity index (χ1) is 13.9. The summed E-state index contributed by atoms with van der Waals surface area (Å²) in [5, 5.41) is 22.7. The minimum absolute atomic E-state index is 0.135. The lowest BCUT2D eigenvalue weighted by molar-refractivity contribution is -0.179. The molecule has 10 nitrogen and oxygen atoms in total. The molecule has 2 aromatic rings. The van der Waals surface area contributed by atoms with Crippen LogP contribution in [0.25, 0.3) is 17.1 Å². The average Bonchev–Trinajstić information content (AvgIpc) is 3.23. The van der Waals surface area contributed by atoms with Crippen molar-refractivity contribution in [1.29, 1.82) is 0 Å². The van der Waals surface area contributed by atoms with Crippen molar-refractivity contribution in [1.82, 2.24) is 20.4 Å². The van der Waals surface area contributed by atoms with Gasteiger partial charge in [-0.3, -0.25) is 9.59 Å². The van der Waals surface area contributed by atoms with E-state index in [1.807, 2.05) is 6.07 Å². The topological polar surface area (TPSA) is 137 Å². The van der Waals surface area contributed by atoms with Crippen molar-refractivity contribution in [3.63, 3.8) is 0 Å². The molecule has 2 aromatic heterocycles. The average molecular weight is 402 g/mol. The Morgan fingerprint density at radius 3 is 2.93 bits per heavy atom. The van der Waals surface area contributed by atoms with Gasteiger partial charge in [-0.1, -0.05) is 0 Å². The van der Waals surface area contributed by atoms with E-state index in [4.69, 9.17) is 9.47 Å². The summed E-state index contributed by atoms with van der Waals surface area (Å²) in [6.07, 6.45) is 3.49. The molecule has 0 saturated carbocycles. The minimum atomic E-state index is -1.82. The van der Waals surface area contributed by atoms with Crippen molar-refractivity contribution in [2.75, 3.05) is 26.3 Å². The van der Waals surface area contributed by atoms with Gasteiger partial charge in [-0.05, 0) is 25.1 Å². The number of aliphatic hydroxyl groups excluding tert-OH is 1. The van der Waals surface area contributed by atoms with Crippen molar-refractivity contribution in [2.24, 2.45) is 5.92 Å². The largest absolute Gasteiger partial charge is 0.481 e. The highest BCUT2D eigenvalue weighted by Crippen LogP contribution is 2.38. The lowest BCUT2D eigenvalue weighted by atomic mass is 9.90. The summed E-state index contributed by atoms with van der Waals surface area (Å²) in [5.74, 6) is -3.83. The van der Waals surface area contributed by atoms with E-state index >= 15 is 0 Å². The molecule has 29 heavy (non-hydrogen) atoms. The highest BCUT2D eigenvalue weighted by atomic mass is 16.6. The van der Waals surface area contributed by atoms with E-state index in [0.29, 0.717) is 37.5 Å². The van der Waals surface area contributed by atoms with Gasteiger partial charge in [-0.15, -0.1) is 0 Å². The highest BCUT2D eigenvalue weighted by Gasteiger charge is 2.61. The molecule has 0 aliphatic carbocycles. The van der Waals surface area contributed by atoms with Crippen LogP contribution in [0.3, 0.4) is 0 Å². The van der Waals surface area contributed by atoms with Gasteiger partial charge in [0.15, 0.2) is 11.7 Å². The molecule has 2 fully saturated rings. The van der Waals surface area contributed by atoms with Crippen LogP contribution >= 0.6 is 0 Å². The molecule has 3 atom stereocenters. The summed E-state index contributed by atoms with van der Waals surface area (Å²) < 4.78 is 11.2. The maximum absolute atomic E-state index is 13.0. The Hall–Kier alpha value is -2.79. The summed E-state index contributed by atoms with van der Waals surface area (Å²) in [4.78, 5) is 32.2. The second-order valence-corrected chi connectivity index (χ2v) is 7.07. The number of H-pyrrole nitrogens is 1. The molecule has 2 aliphatic rings. The van der Waals surface area contributed by atoms with Crippen molar-refractivity contribution >= 4 is 28.9 Å². The Balaban J connectivity index is 1.73. The number of aromatic amines is 1. The second kappa shape index (κ2) is 7.56. The first-order valence-electron chi connectivity index (χ1n) is 9.31. The number of aliphatic carboxylic acids is 1. The molecule has 3 unspecified atom stereocenters. The van der Waals surface area contributed by atoms with E-state index in [0.717, 1.165) is 5.39 Å². The predicted octanol–water partition coefficient (Wildman–Crippen LogP) is 0.118. The van der Waals surface area contributed by atoms with Gasteiger partial charge in [-0.25, -0.2) is 15.4 Å². The second-order valence-electron chi connectivity index (χ2n) is 7.07. The quantitative estimate of drug-likeness (QED) is 0.406. The fourth-order valence-electron chi connectivity index (χ4n) is 3.69. The summed E-state index contributed by atoms with van der Waals surface area (Å²) in [6, 6.07) is 3.59.